The number of methoxy groups -OCH3 is 2. The molecule has 1 aliphatic carbocycles. The van der Waals surface area contributed by atoms with Crippen molar-refractivity contribution in [1.29, 1.82) is 0 Å². The normalized spacial score (nSPS) is 20.0. The van der Waals surface area contributed by atoms with E-state index in [1.807, 2.05) is 31.3 Å². The van der Waals surface area contributed by atoms with Crippen molar-refractivity contribution in [3.05, 3.63) is 53.3 Å². The highest BCUT2D eigenvalue weighted by atomic mass is 16.5. The first-order valence-electron chi connectivity index (χ1n) is 14.3. The van der Waals surface area contributed by atoms with E-state index in [9.17, 15) is 4.79 Å². The lowest BCUT2D eigenvalue weighted by Crippen LogP contribution is -2.37. The summed E-state index contributed by atoms with van der Waals surface area (Å²) in [7, 11) is 5.14. The summed E-state index contributed by atoms with van der Waals surface area (Å²) in [5.74, 6) is 4.15. The number of carbonyl (C=O) groups is 1. The zero-order valence-corrected chi connectivity index (χ0v) is 24.7. The summed E-state index contributed by atoms with van der Waals surface area (Å²) in [5, 5.41) is 15.3. The van der Waals surface area contributed by atoms with Gasteiger partial charge in [-0.3, -0.25) is 5.10 Å². The van der Waals surface area contributed by atoms with Crippen LogP contribution in [0.4, 0.5) is 23.1 Å². The summed E-state index contributed by atoms with van der Waals surface area (Å²) >= 11 is 0. The molecule has 220 valence electrons. The number of nitrogens with zero attached hydrogens (tertiary/aromatic N) is 4. The van der Waals surface area contributed by atoms with E-state index in [1.165, 1.54) is 0 Å². The molecule has 2 fully saturated rings. The number of ether oxygens (including phenoxy) is 3. The Kier molecular flexibility index (Phi) is 7.36. The summed E-state index contributed by atoms with van der Waals surface area (Å²) < 4.78 is 16.9. The Morgan fingerprint density at radius 2 is 1.90 bits per heavy atom. The Morgan fingerprint density at radius 1 is 1.10 bits per heavy atom. The van der Waals surface area contributed by atoms with Crippen molar-refractivity contribution in [2.24, 2.45) is 0 Å². The number of carbonyl (C=O) groups excluding carboxylic acids is 1. The predicted octanol–water partition coefficient (Wildman–Crippen LogP) is 4.74. The van der Waals surface area contributed by atoms with Crippen LogP contribution < -0.4 is 25.0 Å². The number of hydrogen-bond donors (Lipinski definition) is 3. The second-order valence-corrected chi connectivity index (χ2v) is 11.1. The van der Waals surface area contributed by atoms with Crippen LogP contribution in [0.15, 0.2) is 36.4 Å². The molecule has 0 spiro atoms. The topological polar surface area (TPSA) is 127 Å². The van der Waals surface area contributed by atoms with Crippen LogP contribution in [-0.2, 0) is 14.9 Å². The number of anilines is 4. The molecule has 11 heteroatoms. The van der Waals surface area contributed by atoms with Gasteiger partial charge in [-0.15, -0.1) is 0 Å². The number of aromatic nitrogens is 4. The Morgan fingerprint density at radius 3 is 2.60 bits per heavy atom. The standard InChI is InChI=1S/C31H37N7O4/c1-18(2)27-33-29(26(41-5)30(35-27)38-10-12-42-13-11-38)34-28-21-8-6-19(14-25(21)36-37-28)23-16-31(23,17-39)22-15-20(40-4)7-9-24(22)32-3/h6-9,14-15,17-18,23,32H,10-13,16H2,1-5H3,(H2,33,34,35,36,37)/t23-,31-/m0/s1. The molecule has 0 bridgehead atoms. The van der Waals surface area contributed by atoms with Gasteiger partial charge in [-0.25, -0.2) is 9.97 Å². The number of hydrogen-bond acceptors (Lipinski definition) is 10. The Bertz CT molecular complexity index is 1610. The van der Waals surface area contributed by atoms with Gasteiger partial charge in [0.05, 0.1) is 38.4 Å². The highest BCUT2D eigenvalue weighted by Crippen LogP contribution is 2.61. The number of aromatic amines is 1. The summed E-state index contributed by atoms with van der Waals surface area (Å²) in [5.41, 5.74) is 3.21. The minimum Gasteiger partial charge on any atom is -0.497 e. The van der Waals surface area contributed by atoms with Crippen LogP contribution in [0.2, 0.25) is 0 Å². The number of fused-ring (bicyclic) bond motifs is 1. The summed E-state index contributed by atoms with van der Waals surface area (Å²) in [4.78, 5) is 24.4. The van der Waals surface area contributed by atoms with Crippen molar-refractivity contribution < 1.29 is 19.0 Å². The number of H-pyrrole nitrogens is 1. The molecule has 2 aliphatic rings. The molecule has 2 aromatic heterocycles. The Hall–Kier alpha value is -4.38. The zero-order chi connectivity index (χ0) is 29.4. The van der Waals surface area contributed by atoms with E-state index < -0.39 is 5.41 Å². The maximum Gasteiger partial charge on any atom is 0.204 e. The van der Waals surface area contributed by atoms with Crippen molar-refractivity contribution in [2.45, 2.75) is 37.5 Å². The maximum atomic E-state index is 12.6. The number of aldehydes is 1. The first-order chi connectivity index (χ1) is 20.4. The SMILES string of the molecule is CNc1ccc(OC)cc1[C@@]1(C=O)C[C@H]1c1ccc2c(Nc3nc(C(C)C)nc(N4CCOCC4)c3OC)n[nH]c2c1. The molecule has 0 radical (unpaired) electrons. The minimum atomic E-state index is -0.612. The van der Waals surface area contributed by atoms with Crippen LogP contribution in [0, 0.1) is 0 Å². The molecule has 4 aromatic rings. The third-order valence-corrected chi connectivity index (χ3v) is 8.33. The molecular formula is C31H37N7O4. The maximum absolute atomic E-state index is 12.6. The van der Waals surface area contributed by atoms with Gasteiger partial charge in [0.1, 0.15) is 17.9 Å². The average molecular weight is 572 g/mol. The number of nitrogens with one attached hydrogen (secondary N) is 3. The summed E-state index contributed by atoms with van der Waals surface area (Å²) in [6.07, 6.45) is 1.81. The lowest BCUT2D eigenvalue weighted by Gasteiger charge is -2.30. The Balaban J connectivity index is 1.32. The molecule has 11 nitrogen and oxygen atoms in total. The summed E-state index contributed by atoms with van der Waals surface area (Å²) in [6, 6.07) is 12.0. The Labute approximate surface area is 245 Å². The molecule has 3 N–H and O–H groups in total. The van der Waals surface area contributed by atoms with E-state index in [2.05, 4.69) is 51.7 Å². The van der Waals surface area contributed by atoms with Gasteiger partial charge in [0.15, 0.2) is 17.5 Å². The van der Waals surface area contributed by atoms with Gasteiger partial charge in [0, 0.05) is 43.0 Å². The average Bonchev–Trinajstić information content (AvgIpc) is 3.66. The van der Waals surface area contributed by atoms with Gasteiger partial charge >= 0.3 is 0 Å². The molecule has 1 saturated heterocycles. The number of rotatable bonds is 10. The van der Waals surface area contributed by atoms with Crippen LogP contribution in [0.5, 0.6) is 11.5 Å². The van der Waals surface area contributed by atoms with E-state index in [4.69, 9.17) is 24.2 Å². The van der Waals surface area contributed by atoms with Crippen molar-refractivity contribution >= 4 is 40.3 Å². The third-order valence-electron chi connectivity index (χ3n) is 8.33. The van der Waals surface area contributed by atoms with Gasteiger partial charge < -0.3 is 34.5 Å². The van der Waals surface area contributed by atoms with Crippen LogP contribution >= 0.6 is 0 Å². The highest BCUT2D eigenvalue weighted by molar-refractivity contribution is 5.93. The smallest absolute Gasteiger partial charge is 0.204 e. The quantitative estimate of drug-likeness (QED) is 0.230. The van der Waals surface area contributed by atoms with Crippen LogP contribution in [0.25, 0.3) is 10.9 Å². The van der Waals surface area contributed by atoms with E-state index in [-0.39, 0.29) is 11.8 Å². The molecule has 2 aromatic carbocycles. The first kappa shape index (κ1) is 27.8. The van der Waals surface area contributed by atoms with Crippen molar-refractivity contribution in [2.75, 3.05) is 63.1 Å². The van der Waals surface area contributed by atoms with Gasteiger partial charge in [0.25, 0.3) is 0 Å². The van der Waals surface area contributed by atoms with Crippen molar-refractivity contribution in [1.82, 2.24) is 20.2 Å². The molecule has 0 unspecified atom stereocenters. The van der Waals surface area contributed by atoms with Crippen molar-refractivity contribution in [3.63, 3.8) is 0 Å². The lowest BCUT2D eigenvalue weighted by atomic mass is 9.90. The molecule has 1 saturated carbocycles. The fraction of sp³-hybridized carbons (Fsp3) is 0.419. The monoisotopic (exact) mass is 571 g/mol. The molecule has 1 aliphatic heterocycles. The molecular weight excluding hydrogens is 534 g/mol. The number of benzene rings is 2. The van der Waals surface area contributed by atoms with Crippen LogP contribution in [0.1, 0.15) is 49.1 Å². The van der Waals surface area contributed by atoms with E-state index in [0.717, 1.165) is 70.9 Å². The first-order valence-corrected chi connectivity index (χ1v) is 14.3. The van der Waals surface area contributed by atoms with Gasteiger partial charge in [-0.2, -0.15) is 5.10 Å². The molecule has 42 heavy (non-hydrogen) atoms. The minimum absolute atomic E-state index is 0.0463. The zero-order valence-electron chi connectivity index (χ0n) is 24.7. The van der Waals surface area contributed by atoms with Gasteiger partial charge in [-0.05, 0) is 47.9 Å². The second-order valence-electron chi connectivity index (χ2n) is 11.1. The third kappa shape index (κ3) is 4.77. The summed E-state index contributed by atoms with van der Waals surface area (Å²) in [6.45, 7) is 6.88. The van der Waals surface area contributed by atoms with E-state index in [0.29, 0.717) is 30.6 Å². The van der Waals surface area contributed by atoms with Crippen LogP contribution in [0.3, 0.4) is 0 Å². The van der Waals surface area contributed by atoms with E-state index >= 15 is 0 Å². The second kappa shape index (κ2) is 11.1. The highest BCUT2D eigenvalue weighted by Gasteiger charge is 2.57. The predicted molar refractivity (Wildman–Crippen MR) is 163 cm³/mol. The van der Waals surface area contributed by atoms with Crippen molar-refractivity contribution in [3.8, 4) is 11.5 Å². The fourth-order valence-electron chi connectivity index (χ4n) is 5.88. The van der Waals surface area contributed by atoms with Crippen LogP contribution in [-0.4, -0.2) is 74.0 Å². The van der Waals surface area contributed by atoms with Gasteiger partial charge in [0.2, 0.25) is 5.75 Å². The number of morpholine rings is 1. The van der Waals surface area contributed by atoms with E-state index in [1.54, 1.807) is 14.2 Å². The molecule has 2 atom stereocenters. The molecule has 0 amide bonds. The molecule has 6 rings (SSSR count). The molecule has 3 heterocycles. The largest absolute Gasteiger partial charge is 0.497 e. The fourth-order valence-corrected chi connectivity index (χ4v) is 5.88. The van der Waals surface area contributed by atoms with Gasteiger partial charge in [-0.1, -0.05) is 19.9 Å². The lowest BCUT2D eigenvalue weighted by molar-refractivity contribution is -0.110.